The Labute approximate surface area is 243 Å². The summed E-state index contributed by atoms with van der Waals surface area (Å²) in [5.41, 5.74) is 1.59. The molecule has 1 saturated carbocycles. The second-order valence-electron chi connectivity index (χ2n) is 11.2. The van der Waals surface area contributed by atoms with Gasteiger partial charge in [0, 0.05) is 35.3 Å². The zero-order chi connectivity index (χ0) is 29.0. The maximum absolute atomic E-state index is 13.4. The average Bonchev–Trinajstić information content (AvgIpc) is 3.31. The van der Waals surface area contributed by atoms with Gasteiger partial charge in [-0.2, -0.15) is 0 Å². The first-order chi connectivity index (χ1) is 18.6. The van der Waals surface area contributed by atoms with Crippen LogP contribution in [-0.4, -0.2) is 30.9 Å². The zero-order valence-electron chi connectivity index (χ0n) is 23.8. The molecule has 1 heterocycles. The topological polar surface area (TPSA) is 70.2 Å². The van der Waals surface area contributed by atoms with Crippen LogP contribution in [-0.2, 0) is 9.59 Å². The van der Waals surface area contributed by atoms with Crippen LogP contribution >= 0.6 is 23.2 Å². The van der Waals surface area contributed by atoms with Crippen molar-refractivity contribution in [2.24, 2.45) is 11.3 Å². The molecule has 2 aromatic carbocycles. The van der Waals surface area contributed by atoms with Crippen molar-refractivity contribution in [3.05, 3.63) is 63.9 Å². The third-order valence-electron chi connectivity index (χ3n) is 6.97. The van der Waals surface area contributed by atoms with E-state index in [0.717, 1.165) is 18.4 Å². The SMILES string of the molecule is CC.CC(C)(C)CC1NCC(c2cccc(Cl)c2)C1C(=O)Nc1ccc(F)c(Cl)c1.O=CNC1CCCCC1. The van der Waals surface area contributed by atoms with Gasteiger partial charge in [0.1, 0.15) is 5.82 Å². The summed E-state index contributed by atoms with van der Waals surface area (Å²) in [5, 5.41) is 9.89. The molecule has 2 amide bonds. The van der Waals surface area contributed by atoms with Crippen LogP contribution in [0.15, 0.2) is 42.5 Å². The molecule has 39 heavy (non-hydrogen) atoms. The second kappa shape index (κ2) is 16.2. The van der Waals surface area contributed by atoms with Crippen LogP contribution in [0.4, 0.5) is 10.1 Å². The Morgan fingerprint density at radius 2 is 1.77 bits per heavy atom. The quantitative estimate of drug-likeness (QED) is 0.304. The molecule has 0 radical (unpaired) electrons. The van der Waals surface area contributed by atoms with Gasteiger partial charge in [-0.3, -0.25) is 9.59 Å². The molecular formula is C31H44Cl2FN3O2. The van der Waals surface area contributed by atoms with Gasteiger partial charge >= 0.3 is 0 Å². The molecule has 1 aliphatic carbocycles. The molecule has 216 valence electrons. The molecule has 1 aliphatic heterocycles. The largest absolute Gasteiger partial charge is 0.356 e. The van der Waals surface area contributed by atoms with E-state index >= 15 is 0 Å². The highest BCUT2D eigenvalue weighted by Crippen LogP contribution is 2.38. The normalized spacial score (nSPS) is 21.1. The summed E-state index contributed by atoms with van der Waals surface area (Å²) in [4.78, 5) is 23.2. The Morgan fingerprint density at radius 3 is 2.36 bits per heavy atom. The molecule has 0 aromatic heterocycles. The monoisotopic (exact) mass is 579 g/mol. The van der Waals surface area contributed by atoms with Crippen LogP contribution in [0.25, 0.3) is 0 Å². The maximum Gasteiger partial charge on any atom is 0.229 e. The van der Waals surface area contributed by atoms with Gasteiger partial charge in [-0.25, -0.2) is 4.39 Å². The van der Waals surface area contributed by atoms with Gasteiger partial charge < -0.3 is 16.0 Å². The summed E-state index contributed by atoms with van der Waals surface area (Å²) in [6, 6.07) is 12.4. The zero-order valence-corrected chi connectivity index (χ0v) is 25.3. The summed E-state index contributed by atoms with van der Waals surface area (Å²) < 4.78 is 13.4. The molecule has 2 aliphatic rings. The van der Waals surface area contributed by atoms with E-state index in [0.29, 0.717) is 23.3 Å². The molecule has 2 fully saturated rings. The lowest BCUT2D eigenvalue weighted by molar-refractivity contribution is -0.120. The van der Waals surface area contributed by atoms with E-state index in [1.807, 2.05) is 38.1 Å². The van der Waals surface area contributed by atoms with Gasteiger partial charge in [0.2, 0.25) is 12.3 Å². The molecule has 0 bridgehead atoms. The van der Waals surface area contributed by atoms with Crippen molar-refractivity contribution in [1.29, 1.82) is 0 Å². The number of nitrogens with one attached hydrogen (secondary N) is 3. The van der Waals surface area contributed by atoms with Crippen LogP contribution in [0.1, 0.15) is 84.6 Å². The van der Waals surface area contributed by atoms with Crippen molar-refractivity contribution in [1.82, 2.24) is 10.6 Å². The van der Waals surface area contributed by atoms with E-state index in [1.165, 1.54) is 50.3 Å². The molecule has 3 unspecified atom stereocenters. The van der Waals surface area contributed by atoms with Crippen molar-refractivity contribution in [3.8, 4) is 0 Å². The number of hydrogen-bond donors (Lipinski definition) is 3. The number of halogens is 3. The minimum absolute atomic E-state index is 0.00182. The summed E-state index contributed by atoms with van der Waals surface area (Å²) in [6.07, 6.45) is 7.94. The Balaban J connectivity index is 0.000000407. The summed E-state index contributed by atoms with van der Waals surface area (Å²) in [5.74, 6) is -0.889. The lowest BCUT2D eigenvalue weighted by atomic mass is 9.78. The first-order valence-corrected chi connectivity index (χ1v) is 14.8. The molecular weight excluding hydrogens is 536 g/mol. The van der Waals surface area contributed by atoms with E-state index in [2.05, 4.69) is 36.7 Å². The maximum atomic E-state index is 13.4. The van der Waals surface area contributed by atoms with Gasteiger partial charge in [0.15, 0.2) is 0 Å². The predicted octanol–water partition coefficient (Wildman–Crippen LogP) is 7.97. The lowest BCUT2D eigenvalue weighted by Crippen LogP contribution is -2.38. The van der Waals surface area contributed by atoms with Crippen molar-refractivity contribution < 1.29 is 14.0 Å². The highest BCUT2D eigenvalue weighted by molar-refractivity contribution is 6.31. The third kappa shape index (κ3) is 10.7. The fraction of sp³-hybridized carbons (Fsp3) is 0.548. The molecule has 5 nitrogen and oxygen atoms in total. The standard InChI is InChI=1S/C22H25Cl2FN2O.C7H13NO.C2H6/c1-22(2,3)11-19-20(16(12-26-19)13-5-4-6-14(23)9-13)21(28)27-15-7-8-18(25)17(24)10-15;9-6-8-7-4-2-1-3-5-7;1-2/h4-10,16,19-20,26H,11-12H2,1-3H3,(H,27,28);6-7H,1-5H2,(H,8,9);1-2H3. The van der Waals surface area contributed by atoms with E-state index in [9.17, 15) is 14.0 Å². The van der Waals surface area contributed by atoms with E-state index in [1.54, 1.807) is 0 Å². The van der Waals surface area contributed by atoms with Crippen LogP contribution in [0, 0.1) is 17.2 Å². The summed E-state index contributed by atoms with van der Waals surface area (Å²) in [7, 11) is 0. The Bertz CT molecular complexity index is 1050. The highest BCUT2D eigenvalue weighted by atomic mass is 35.5. The number of rotatable bonds is 6. The van der Waals surface area contributed by atoms with Gasteiger partial charge in [0.05, 0.1) is 10.9 Å². The highest BCUT2D eigenvalue weighted by Gasteiger charge is 2.43. The average molecular weight is 581 g/mol. The lowest BCUT2D eigenvalue weighted by Gasteiger charge is -2.29. The van der Waals surface area contributed by atoms with Crippen molar-refractivity contribution in [2.75, 3.05) is 11.9 Å². The van der Waals surface area contributed by atoms with Gasteiger partial charge in [-0.05, 0) is 60.6 Å². The number of hydrogen-bond acceptors (Lipinski definition) is 3. The molecule has 2 aromatic rings. The Morgan fingerprint density at radius 1 is 1.08 bits per heavy atom. The summed E-state index contributed by atoms with van der Waals surface area (Å²) >= 11 is 12.0. The van der Waals surface area contributed by atoms with Gasteiger partial charge in [0.25, 0.3) is 0 Å². The molecule has 1 saturated heterocycles. The fourth-order valence-corrected chi connectivity index (χ4v) is 5.64. The molecule has 4 rings (SSSR count). The van der Waals surface area contributed by atoms with Crippen LogP contribution < -0.4 is 16.0 Å². The Hall–Kier alpha value is -2.15. The number of carbonyl (C=O) groups is 2. The second-order valence-corrected chi connectivity index (χ2v) is 12.0. The minimum Gasteiger partial charge on any atom is -0.356 e. The van der Waals surface area contributed by atoms with Crippen LogP contribution in [0.3, 0.4) is 0 Å². The molecule has 3 N–H and O–H groups in total. The molecule has 0 spiro atoms. The number of anilines is 1. The minimum atomic E-state index is -0.510. The summed E-state index contributed by atoms with van der Waals surface area (Å²) in [6.45, 7) is 11.2. The predicted molar refractivity (Wildman–Crippen MR) is 161 cm³/mol. The Kier molecular flexibility index (Phi) is 13.7. The van der Waals surface area contributed by atoms with E-state index in [-0.39, 0.29) is 34.2 Å². The fourth-order valence-electron chi connectivity index (χ4n) is 5.26. The van der Waals surface area contributed by atoms with Crippen LogP contribution in [0.5, 0.6) is 0 Å². The first kappa shape index (κ1) is 33.1. The van der Waals surface area contributed by atoms with E-state index < -0.39 is 5.82 Å². The van der Waals surface area contributed by atoms with Gasteiger partial charge in [-0.15, -0.1) is 0 Å². The number of benzene rings is 2. The molecule has 8 heteroatoms. The molecule has 3 atom stereocenters. The van der Waals surface area contributed by atoms with E-state index in [4.69, 9.17) is 23.2 Å². The van der Waals surface area contributed by atoms with Crippen molar-refractivity contribution in [2.45, 2.75) is 91.1 Å². The van der Waals surface area contributed by atoms with Gasteiger partial charge in [-0.1, -0.05) is 89.2 Å². The third-order valence-corrected chi connectivity index (χ3v) is 7.50. The van der Waals surface area contributed by atoms with Crippen LogP contribution in [0.2, 0.25) is 10.0 Å². The first-order valence-electron chi connectivity index (χ1n) is 14.0. The number of carbonyl (C=O) groups excluding carboxylic acids is 2. The number of amides is 2. The van der Waals surface area contributed by atoms with Crippen molar-refractivity contribution >= 4 is 41.2 Å². The van der Waals surface area contributed by atoms with Crippen molar-refractivity contribution in [3.63, 3.8) is 0 Å². The smallest absolute Gasteiger partial charge is 0.229 e.